The first kappa shape index (κ1) is 23.8. The van der Waals surface area contributed by atoms with E-state index in [-0.39, 0.29) is 11.9 Å². The highest BCUT2D eigenvalue weighted by Gasteiger charge is 2.19. The number of benzene rings is 2. The Labute approximate surface area is 182 Å². The number of amides is 1. The van der Waals surface area contributed by atoms with Crippen LogP contribution >= 0.6 is 0 Å². The molecule has 30 heavy (non-hydrogen) atoms. The highest BCUT2D eigenvalue weighted by molar-refractivity contribution is 5.76. The first-order chi connectivity index (χ1) is 14.6. The summed E-state index contributed by atoms with van der Waals surface area (Å²) in [5.41, 5.74) is 2.17. The van der Waals surface area contributed by atoms with Gasteiger partial charge in [-0.05, 0) is 43.0 Å². The molecule has 1 amide bonds. The van der Waals surface area contributed by atoms with Crippen LogP contribution in [0.25, 0.3) is 0 Å². The lowest BCUT2D eigenvalue weighted by molar-refractivity contribution is -0.134. The van der Waals surface area contributed by atoms with Gasteiger partial charge in [0, 0.05) is 19.0 Å². The Morgan fingerprint density at radius 1 is 0.967 bits per heavy atom. The van der Waals surface area contributed by atoms with Gasteiger partial charge >= 0.3 is 0 Å². The summed E-state index contributed by atoms with van der Waals surface area (Å²) in [7, 11) is 1.65. The average molecular weight is 412 g/mol. The number of unbranched alkanes of at least 4 members (excludes halogenated alkanes) is 3. The molecule has 0 saturated carbocycles. The predicted octanol–water partition coefficient (Wildman–Crippen LogP) is 6.37. The molecular weight excluding hydrogens is 374 g/mol. The average Bonchev–Trinajstić information content (AvgIpc) is 2.79. The number of nitrogens with zero attached hydrogens (tertiary/aromatic N) is 1. The number of ether oxygens (including phenoxy) is 2. The van der Waals surface area contributed by atoms with Crippen molar-refractivity contribution in [3.63, 3.8) is 0 Å². The zero-order valence-corrected chi connectivity index (χ0v) is 19.0. The minimum absolute atomic E-state index is 0.212. The maximum atomic E-state index is 12.9. The molecule has 1 unspecified atom stereocenters. The summed E-state index contributed by atoms with van der Waals surface area (Å²) in [5, 5.41) is 0. The monoisotopic (exact) mass is 411 g/mol. The van der Waals surface area contributed by atoms with Gasteiger partial charge in [-0.15, -0.1) is 0 Å². The van der Waals surface area contributed by atoms with Gasteiger partial charge in [0.25, 0.3) is 0 Å². The molecule has 164 valence electrons. The van der Waals surface area contributed by atoms with Crippen molar-refractivity contribution in [1.82, 2.24) is 4.90 Å². The van der Waals surface area contributed by atoms with Crippen LogP contribution in [0.15, 0.2) is 48.5 Å². The number of carbonyl (C=O) groups excluding carboxylic acids is 1. The second kappa shape index (κ2) is 12.9. The van der Waals surface area contributed by atoms with E-state index in [4.69, 9.17) is 9.47 Å². The molecule has 0 radical (unpaired) electrons. The van der Waals surface area contributed by atoms with E-state index < -0.39 is 0 Å². The molecule has 0 N–H and O–H groups in total. The molecule has 0 saturated heterocycles. The zero-order chi connectivity index (χ0) is 21.8. The Kier molecular flexibility index (Phi) is 10.3. The number of hydrogen-bond donors (Lipinski definition) is 0. The van der Waals surface area contributed by atoms with Gasteiger partial charge in [0.05, 0.1) is 7.11 Å². The Morgan fingerprint density at radius 3 is 2.40 bits per heavy atom. The van der Waals surface area contributed by atoms with Crippen molar-refractivity contribution < 1.29 is 14.3 Å². The second-order valence-electron chi connectivity index (χ2n) is 7.85. The highest BCUT2D eigenvalue weighted by Crippen LogP contribution is 2.30. The molecule has 2 aromatic rings. The van der Waals surface area contributed by atoms with E-state index in [0.717, 1.165) is 30.4 Å². The van der Waals surface area contributed by atoms with Crippen LogP contribution in [0, 0.1) is 0 Å². The van der Waals surface area contributed by atoms with Gasteiger partial charge in [0.2, 0.25) is 5.91 Å². The van der Waals surface area contributed by atoms with Crippen molar-refractivity contribution in [1.29, 1.82) is 0 Å². The van der Waals surface area contributed by atoms with Crippen molar-refractivity contribution >= 4 is 5.91 Å². The highest BCUT2D eigenvalue weighted by atomic mass is 16.5. The molecule has 0 fully saturated rings. The first-order valence-corrected chi connectivity index (χ1v) is 11.2. The molecule has 0 heterocycles. The van der Waals surface area contributed by atoms with Crippen LogP contribution in [0.2, 0.25) is 0 Å². The summed E-state index contributed by atoms with van der Waals surface area (Å²) < 4.78 is 11.5. The van der Waals surface area contributed by atoms with Crippen LogP contribution in [0.4, 0.5) is 0 Å². The lowest BCUT2D eigenvalue weighted by Gasteiger charge is -2.29. The second-order valence-corrected chi connectivity index (χ2v) is 7.85. The van der Waals surface area contributed by atoms with Crippen LogP contribution in [0.1, 0.15) is 70.4 Å². The van der Waals surface area contributed by atoms with Gasteiger partial charge in [-0.3, -0.25) is 4.79 Å². The summed E-state index contributed by atoms with van der Waals surface area (Å²) in [4.78, 5) is 14.9. The quantitative estimate of drug-likeness (QED) is 0.359. The standard InChI is InChI=1S/C26H37NO3/c1-5-7-8-12-15-26(28)27(21(3)6-2)19-23-16-17-24(25(18-23)29-4)30-20-22-13-10-9-11-14-22/h9-11,13-14,16-18,21H,5-8,12,15,19-20H2,1-4H3. The van der Waals surface area contributed by atoms with Gasteiger partial charge in [0.1, 0.15) is 6.61 Å². The molecule has 0 aromatic heterocycles. The Hall–Kier alpha value is -2.49. The number of hydrogen-bond acceptors (Lipinski definition) is 3. The van der Waals surface area contributed by atoms with E-state index >= 15 is 0 Å². The lowest BCUT2D eigenvalue weighted by Crippen LogP contribution is -2.37. The third-order valence-corrected chi connectivity index (χ3v) is 5.51. The van der Waals surface area contributed by atoms with E-state index in [1.807, 2.05) is 53.4 Å². The summed E-state index contributed by atoms with van der Waals surface area (Å²) in [6.45, 7) is 7.53. The van der Waals surface area contributed by atoms with E-state index in [9.17, 15) is 4.79 Å². The maximum absolute atomic E-state index is 12.9. The van der Waals surface area contributed by atoms with Gasteiger partial charge in [-0.1, -0.05) is 69.5 Å². The lowest BCUT2D eigenvalue weighted by atomic mass is 10.1. The van der Waals surface area contributed by atoms with Crippen LogP contribution in [-0.4, -0.2) is 24.0 Å². The van der Waals surface area contributed by atoms with Crippen LogP contribution in [-0.2, 0) is 17.9 Å². The van der Waals surface area contributed by atoms with Crippen molar-refractivity contribution in [3.8, 4) is 11.5 Å². The normalized spacial score (nSPS) is 11.7. The Bertz CT molecular complexity index is 760. The molecule has 0 aliphatic heterocycles. The van der Waals surface area contributed by atoms with Gasteiger partial charge in [-0.2, -0.15) is 0 Å². The van der Waals surface area contributed by atoms with Gasteiger partial charge in [0.15, 0.2) is 11.5 Å². The summed E-state index contributed by atoms with van der Waals surface area (Å²) in [6.07, 6.45) is 6.03. The summed E-state index contributed by atoms with van der Waals surface area (Å²) in [5.74, 6) is 1.65. The fourth-order valence-corrected chi connectivity index (χ4v) is 3.42. The van der Waals surface area contributed by atoms with Gasteiger partial charge in [-0.25, -0.2) is 0 Å². The third kappa shape index (κ3) is 7.40. The van der Waals surface area contributed by atoms with E-state index in [1.54, 1.807) is 7.11 Å². The Morgan fingerprint density at radius 2 is 1.73 bits per heavy atom. The minimum Gasteiger partial charge on any atom is -0.493 e. The zero-order valence-electron chi connectivity index (χ0n) is 19.0. The van der Waals surface area contributed by atoms with Crippen molar-refractivity contribution in [2.75, 3.05) is 7.11 Å². The van der Waals surface area contributed by atoms with Crippen LogP contribution in [0.5, 0.6) is 11.5 Å². The van der Waals surface area contributed by atoms with Crippen molar-refractivity contribution in [2.24, 2.45) is 0 Å². The number of rotatable bonds is 13. The molecular formula is C26H37NO3. The van der Waals surface area contributed by atoms with Crippen LogP contribution < -0.4 is 9.47 Å². The predicted molar refractivity (Wildman–Crippen MR) is 123 cm³/mol. The summed E-state index contributed by atoms with van der Waals surface area (Å²) >= 11 is 0. The largest absolute Gasteiger partial charge is 0.493 e. The van der Waals surface area contributed by atoms with E-state index in [0.29, 0.717) is 31.1 Å². The smallest absolute Gasteiger partial charge is 0.223 e. The molecule has 0 bridgehead atoms. The summed E-state index contributed by atoms with van der Waals surface area (Å²) in [6, 6.07) is 16.2. The molecule has 2 rings (SSSR count). The molecule has 0 spiro atoms. The van der Waals surface area contributed by atoms with Crippen molar-refractivity contribution in [2.45, 2.75) is 78.5 Å². The Balaban J connectivity index is 2.05. The van der Waals surface area contributed by atoms with Crippen LogP contribution in [0.3, 0.4) is 0 Å². The minimum atomic E-state index is 0.212. The number of carbonyl (C=O) groups is 1. The molecule has 4 heteroatoms. The third-order valence-electron chi connectivity index (χ3n) is 5.51. The fraction of sp³-hybridized carbons (Fsp3) is 0.500. The van der Waals surface area contributed by atoms with Crippen molar-refractivity contribution in [3.05, 3.63) is 59.7 Å². The molecule has 0 aliphatic rings. The molecule has 2 aromatic carbocycles. The SMILES string of the molecule is CCCCCCC(=O)N(Cc1ccc(OCc2ccccc2)c(OC)c1)C(C)CC. The first-order valence-electron chi connectivity index (χ1n) is 11.2. The number of methoxy groups -OCH3 is 1. The van der Waals surface area contributed by atoms with E-state index in [1.165, 1.54) is 12.8 Å². The van der Waals surface area contributed by atoms with E-state index in [2.05, 4.69) is 20.8 Å². The molecule has 0 aliphatic carbocycles. The molecule has 4 nitrogen and oxygen atoms in total. The topological polar surface area (TPSA) is 38.8 Å². The fourth-order valence-electron chi connectivity index (χ4n) is 3.42. The van der Waals surface area contributed by atoms with Gasteiger partial charge < -0.3 is 14.4 Å². The molecule has 1 atom stereocenters. The maximum Gasteiger partial charge on any atom is 0.223 e.